The van der Waals surface area contributed by atoms with Gasteiger partial charge >= 0.3 is 0 Å². The SMILES string of the molecule is CC(C)(C)c1ccc(SCc2cc(C#N)ccc2F)cc1. The largest absolute Gasteiger partial charge is 0.207 e. The van der Waals surface area contributed by atoms with Crippen LogP contribution in [0.3, 0.4) is 0 Å². The lowest BCUT2D eigenvalue weighted by atomic mass is 9.87. The molecule has 2 aromatic rings. The molecule has 0 saturated heterocycles. The molecule has 108 valence electrons. The number of nitrogens with zero attached hydrogens (tertiary/aromatic N) is 1. The van der Waals surface area contributed by atoms with E-state index < -0.39 is 0 Å². The van der Waals surface area contributed by atoms with Gasteiger partial charge in [0.1, 0.15) is 5.82 Å². The van der Waals surface area contributed by atoms with Gasteiger partial charge in [-0.25, -0.2) is 4.39 Å². The molecule has 0 atom stereocenters. The molecule has 0 spiro atoms. The van der Waals surface area contributed by atoms with Crippen molar-refractivity contribution in [2.24, 2.45) is 0 Å². The van der Waals surface area contributed by atoms with Gasteiger partial charge in [-0.3, -0.25) is 0 Å². The quantitative estimate of drug-likeness (QED) is 0.719. The highest BCUT2D eigenvalue weighted by molar-refractivity contribution is 7.98. The summed E-state index contributed by atoms with van der Waals surface area (Å²) >= 11 is 1.58. The number of benzene rings is 2. The summed E-state index contributed by atoms with van der Waals surface area (Å²) in [7, 11) is 0. The van der Waals surface area contributed by atoms with E-state index in [0.29, 0.717) is 16.9 Å². The molecule has 0 aromatic heterocycles. The topological polar surface area (TPSA) is 23.8 Å². The minimum absolute atomic E-state index is 0.135. The van der Waals surface area contributed by atoms with Crippen LogP contribution in [-0.2, 0) is 11.2 Å². The van der Waals surface area contributed by atoms with E-state index in [2.05, 4.69) is 45.0 Å². The Morgan fingerprint density at radius 3 is 2.33 bits per heavy atom. The molecule has 0 bridgehead atoms. The predicted octanol–water partition coefficient (Wildman–Crippen LogP) is 5.29. The Balaban J connectivity index is 2.08. The van der Waals surface area contributed by atoms with E-state index in [0.717, 1.165) is 4.90 Å². The molecule has 0 aliphatic rings. The van der Waals surface area contributed by atoms with Crippen LogP contribution in [0.25, 0.3) is 0 Å². The summed E-state index contributed by atoms with van der Waals surface area (Å²) in [5, 5.41) is 8.87. The fourth-order valence-corrected chi connectivity index (χ4v) is 2.84. The zero-order valence-corrected chi connectivity index (χ0v) is 13.3. The average molecular weight is 299 g/mol. The van der Waals surface area contributed by atoms with Crippen molar-refractivity contribution in [2.75, 3.05) is 0 Å². The Morgan fingerprint density at radius 1 is 1.10 bits per heavy atom. The number of hydrogen-bond donors (Lipinski definition) is 0. The van der Waals surface area contributed by atoms with Crippen LogP contribution < -0.4 is 0 Å². The van der Waals surface area contributed by atoms with Gasteiger partial charge in [0.25, 0.3) is 0 Å². The second kappa shape index (κ2) is 6.32. The minimum atomic E-state index is -0.257. The van der Waals surface area contributed by atoms with Gasteiger partial charge in [0.15, 0.2) is 0 Å². The molecule has 2 rings (SSSR count). The summed E-state index contributed by atoms with van der Waals surface area (Å²) in [6.07, 6.45) is 0. The van der Waals surface area contributed by atoms with Crippen LogP contribution in [0.4, 0.5) is 4.39 Å². The molecule has 0 aliphatic carbocycles. The molecule has 2 aromatic carbocycles. The van der Waals surface area contributed by atoms with Crippen molar-refractivity contribution in [1.82, 2.24) is 0 Å². The highest BCUT2D eigenvalue weighted by atomic mass is 32.2. The third kappa shape index (κ3) is 4.09. The maximum absolute atomic E-state index is 13.7. The van der Waals surface area contributed by atoms with Crippen molar-refractivity contribution in [1.29, 1.82) is 5.26 Å². The second-order valence-corrected chi connectivity index (χ2v) is 7.03. The zero-order chi connectivity index (χ0) is 15.5. The monoisotopic (exact) mass is 299 g/mol. The molecule has 0 aliphatic heterocycles. The van der Waals surface area contributed by atoms with Crippen molar-refractivity contribution in [3.05, 3.63) is 65.0 Å². The minimum Gasteiger partial charge on any atom is -0.207 e. The third-order valence-corrected chi connectivity index (χ3v) is 4.35. The van der Waals surface area contributed by atoms with Crippen molar-refractivity contribution < 1.29 is 4.39 Å². The van der Waals surface area contributed by atoms with Gasteiger partial charge in [0, 0.05) is 10.6 Å². The Labute approximate surface area is 129 Å². The summed E-state index contributed by atoms with van der Waals surface area (Å²) < 4.78 is 13.7. The van der Waals surface area contributed by atoms with Crippen molar-refractivity contribution in [3.63, 3.8) is 0 Å². The summed E-state index contributed by atoms with van der Waals surface area (Å²) in [4.78, 5) is 1.10. The molecule has 3 heteroatoms. The lowest BCUT2D eigenvalue weighted by Gasteiger charge is -2.19. The van der Waals surface area contributed by atoms with E-state index in [1.165, 1.54) is 17.7 Å². The van der Waals surface area contributed by atoms with Crippen LogP contribution in [-0.4, -0.2) is 0 Å². The van der Waals surface area contributed by atoms with E-state index in [4.69, 9.17) is 5.26 Å². The second-order valence-electron chi connectivity index (χ2n) is 5.98. The summed E-state index contributed by atoms with van der Waals surface area (Å²) in [6.45, 7) is 6.54. The van der Waals surface area contributed by atoms with Crippen LogP contribution in [0.1, 0.15) is 37.5 Å². The molecule has 0 unspecified atom stereocenters. The fraction of sp³-hybridized carbons (Fsp3) is 0.278. The highest BCUT2D eigenvalue weighted by Gasteiger charge is 2.13. The molecule has 0 N–H and O–H groups in total. The first-order valence-electron chi connectivity index (χ1n) is 6.82. The fourth-order valence-electron chi connectivity index (χ4n) is 1.97. The summed E-state index contributed by atoms with van der Waals surface area (Å²) in [5.74, 6) is 0.267. The van der Waals surface area contributed by atoms with Gasteiger partial charge in [-0.15, -0.1) is 11.8 Å². The lowest BCUT2D eigenvalue weighted by molar-refractivity contribution is 0.590. The summed E-state index contributed by atoms with van der Waals surface area (Å²) in [6, 6.07) is 14.9. The number of halogens is 1. The van der Waals surface area contributed by atoms with E-state index in [1.807, 2.05) is 6.07 Å². The van der Waals surface area contributed by atoms with Gasteiger partial charge in [-0.05, 0) is 46.9 Å². The van der Waals surface area contributed by atoms with Gasteiger partial charge in [0.2, 0.25) is 0 Å². The van der Waals surface area contributed by atoms with E-state index in [-0.39, 0.29) is 11.2 Å². The van der Waals surface area contributed by atoms with Gasteiger partial charge in [-0.2, -0.15) is 5.26 Å². The Hall–Kier alpha value is -1.79. The number of hydrogen-bond acceptors (Lipinski definition) is 2. The number of nitriles is 1. The average Bonchev–Trinajstić information content (AvgIpc) is 2.46. The summed E-state index contributed by atoms with van der Waals surface area (Å²) in [5.41, 5.74) is 2.48. The van der Waals surface area contributed by atoms with Gasteiger partial charge < -0.3 is 0 Å². The maximum Gasteiger partial charge on any atom is 0.127 e. The maximum atomic E-state index is 13.7. The van der Waals surface area contributed by atoms with Crippen LogP contribution in [0.5, 0.6) is 0 Å². The van der Waals surface area contributed by atoms with Crippen molar-refractivity contribution in [3.8, 4) is 6.07 Å². The highest BCUT2D eigenvalue weighted by Crippen LogP contribution is 2.28. The van der Waals surface area contributed by atoms with Gasteiger partial charge in [0.05, 0.1) is 11.6 Å². The third-order valence-electron chi connectivity index (χ3n) is 3.29. The molecule has 0 fully saturated rings. The molecule has 0 radical (unpaired) electrons. The molecule has 1 nitrogen and oxygen atoms in total. The van der Waals surface area contributed by atoms with Crippen LogP contribution in [0, 0.1) is 17.1 Å². The van der Waals surface area contributed by atoms with E-state index in [1.54, 1.807) is 17.8 Å². The van der Waals surface area contributed by atoms with E-state index >= 15 is 0 Å². The first kappa shape index (κ1) is 15.6. The van der Waals surface area contributed by atoms with Crippen LogP contribution in [0.2, 0.25) is 0 Å². The van der Waals surface area contributed by atoms with Crippen molar-refractivity contribution >= 4 is 11.8 Å². The van der Waals surface area contributed by atoms with Crippen molar-refractivity contribution in [2.45, 2.75) is 36.8 Å². The smallest absolute Gasteiger partial charge is 0.127 e. The first-order chi connectivity index (χ1) is 9.90. The molecular formula is C18H18FNS. The van der Waals surface area contributed by atoms with Crippen LogP contribution >= 0.6 is 11.8 Å². The predicted molar refractivity (Wildman–Crippen MR) is 85.8 cm³/mol. The number of rotatable bonds is 3. The van der Waals surface area contributed by atoms with E-state index in [9.17, 15) is 4.39 Å². The van der Waals surface area contributed by atoms with Gasteiger partial charge in [-0.1, -0.05) is 32.9 Å². The number of thioether (sulfide) groups is 1. The standard InChI is InChI=1S/C18H18FNS/c1-18(2,3)15-5-7-16(8-6-15)21-12-14-10-13(11-20)4-9-17(14)19/h4-10H,12H2,1-3H3. The zero-order valence-electron chi connectivity index (χ0n) is 12.5. The molecule has 0 heterocycles. The molecule has 21 heavy (non-hydrogen) atoms. The molecule has 0 amide bonds. The lowest BCUT2D eigenvalue weighted by Crippen LogP contribution is -2.10. The first-order valence-corrected chi connectivity index (χ1v) is 7.80. The Bertz CT molecular complexity index is 663. The molecule has 0 saturated carbocycles. The molecular weight excluding hydrogens is 281 g/mol. The Morgan fingerprint density at radius 2 is 1.76 bits per heavy atom. The van der Waals surface area contributed by atoms with Crippen LogP contribution in [0.15, 0.2) is 47.4 Å². The normalized spacial score (nSPS) is 11.2. The Kier molecular flexibility index (Phi) is 4.69.